The van der Waals surface area contributed by atoms with Crippen LogP contribution in [0.1, 0.15) is 46.6 Å². The topological polar surface area (TPSA) is 49.4 Å². The fourth-order valence-corrected chi connectivity index (χ4v) is 4.90. The number of rotatable bonds is 5. The number of nitrogens with one attached hydrogen (secondary N) is 1. The molecule has 1 atom stereocenters. The number of amides is 2. The van der Waals surface area contributed by atoms with Crippen molar-refractivity contribution in [2.75, 3.05) is 16.0 Å². The van der Waals surface area contributed by atoms with Crippen LogP contribution in [0.4, 0.5) is 15.8 Å². The molecule has 0 radical (unpaired) electrons. The molecule has 0 saturated carbocycles. The first-order valence-corrected chi connectivity index (χ1v) is 11.2. The molecular formula is C25H23FN2O2S. The van der Waals surface area contributed by atoms with E-state index in [1.165, 1.54) is 12.1 Å². The van der Waals surface area contributed by atoms with Crippen LogP contribution in [0.3, 0.4) is 0 Å². The molecule has 1 aliphatic heterocycles. The van der Waals surface area contributed by atoms with Gasteiger partial charge in [-0.05, 0) is 47.4 Å². The molecule has 0 spiro atoms. The maximum absolute atomic E-state index is 13.9. The van der Waals surface area contributed by atoms with E-state index in [0.29, 0.717) is 11.4 Å². The number of carbonyl (C=O) groups excluding carboxylic acids is 2. The highest BCUT2D eigenvalue weighted by Gasteiger charge is 2.35. The van der Waals surface area contributed by atoms with Crippen molar-refractivity contribution in [3.05, 3.63) is 95.3 Å². The summed E-state index contributed by atoms with van der Waals surface area (Å²) in [5.74, 6) is -0.342. The molecular weight excluding hydrogens is 411 g/mol. The third-order valence-corrected chi connectivity index (χ3v) is 6.45. The van der Waals surface area contributed by atoms with Crippen LogP contribution in [0, 0.1) is 5.82 Å². The Morgan fingerprint density at radius 1 is 1.06 bits per heavy atom. The van der Waals surface area contributed by atoms with E-state index < -0.39 is 11.7 Å². The number of thioether (sulfide) groups is 1. The molecule has 1 aliphatic rings. The number of anilines is 2. The fraction of sp³-hybridized carbons (Fsp3) is 0.200. The van der Waals surface area contributed by atoms with Crippen LogP contribution in [0.5, 0.6) is 0 Å². The first kappa shape index (κ1) is 21.1. The maximum Gasteiger partial charge on any atom is 0.258 e. The summed E-state index contributed by atoms with van der Waals surface area (Å²) in [6, 6.07) is 21.2. The second kappa shape index (κ2) is 8.94. The number of para-hydroxylation sites is 1. The normalized spacial score (nSPS) is 16.1. The predicted molar refractivity (Wildman–Crippen MR) is 124 cm³/mol. The summed E-state index contributed by atoms with van der Waals surface area (Å²) in [6.45, 7) is 4.22. The average molecular weight is 435 g/mol. The largest absolute Gasteiger partial charge is 0.322 e. The minimum Gasteiger partial charge on any atom is -0.322 e. The van der Waals surface area contributed by atoms with E-state index >= 15 is 0 Å². The molecule has 1 heterocycles. The minimum atomic E-state index is -0.565. The third kappa shape index (κ3) is 4.35. The third-order valence-electron chi connectivity index (χ3n) is 5.23. The molecule has 1 saturated heterocycles. The predicted octanol–water partition coefficient (Wildman–Crippen LogP) is 5.98. The molecule has 0 bridgehead atoms. The summed E-state index contributed by atoms with van der Waals surface area (Å²) in [7, 11) is 0. The molecule has 0 aliphatic carbocycles. The zero-order valence-electron chi connectivity index (χ0n) is 17.3. The Kier molecular flexibility index (Phi) is 6.09. The van der Waals surface area contributed by atoms with Crippen molar-refractivity contribution in [3.63, 3.8) is 0 Å². The van der Waals surface area contributed by atoms with Crippen molar-refractivity contribution in [2.45, 2.75) is 25.1 Å². The van der Waals surface area contributed by atoms with E-state index in [-0.39, 0.29) is 22.8 Å². The second-order valence-electron chi connectivity index (χ2n) is 7.70. The number of halogens is 1. The lowest BCUT2D eigenvalue weighted by Crippen LogP contribution is -2.29. The summed E-state index contributed by atoms with van der Waals surface area (Å²) in [5, 5.41) is 2.57. The van der Waals surface area contributed by atoms with Crippen LogP contribution in [-0.2, 0) is 4.79 Å². The van der Waals surface area contributed by atoms with Crippen molar-refractivity contribution in [1.82, 2.24) is 0 Å². The number of carbonyl (C=O) groups is 2. The van der Waals surface area contributed by atoms with E-state index in [1.54, 1.807) is 30.0 Å². The van der Waals surface area contributed by atoms with E-state index in [4.69, 9.17) is 0 Å². The number of nitrogens with zero attached hydrogens (tertiary/aromatic N) is 1. The van der Waals surface area contributed by atoms with Gasteiger partial charge in [-0.3, -0.25) is 14.5 Å². The Morgan fingerprint density at radius 3 is 2.58 bits per heavy atom. The van der Waals surface area contributed by atoms with Crippen LogP contribution in [-0.4, -0.2) is 17.6 Å². The smallest absolute Gasteiger partial charge is 0.258 e. The van der Waals surface area contributed by atoms with Gasteiger partial charge in [-0.15, -0.1) is 11.8 Å². The molecule has 4 nitrogen and oxygen atoms in total. The first-order chi connectivity index (χ1) is 15.0. The second-order valence-corrected chi connectivity index (χ2v) is 8.77. The van der Waals surface area contributed by atoms with E-state index in [1.807, 2.05) is 41.3 Å². The van der Waals surface area contributed by atoms with E-state index in [0.717, 1.165) is 16.8 Å². The van der Waals surface area contributed by atoms with Crippen molar-refractivity contribution in [1.29, 1.82) is 0 Å². The highest BCUT2D eigenvalue weighted by molar-refractivity contribution is 8.00. The molecule has 6 heteroatoms. The molecule has 4 rings (SSSR count). The Hall–Kier alpha value is -3.12. The highest BCUT2D eigenvalue weighted by Crippen LogP contribution is 2.44. The maximum atomic E-state index is 13.9. The summed E-state index contributed by atoms with van der Waals surface area (Å²) >= 11 is 1.56. The Morgan fingerprint density at radius 2 is 1.81 bits per heavy atom. The molecule has 0 aromatic heterocycles. The molecule has 31 heavy (non-hydrogen) atoms. The van der Waals surface area contributed by atoms with Crippen LogP contribution in [0.25, 0.3) is 0 Å². The number of hydrogen-bond donors (Lipinski definition) is 1. The number of hydrogen-bond acceptors (Lipinski definition) is 3. The summed E-state index contributed by atoms with van der Waals surface area (Å²) in [4.78, 5) is 27.2. The van der Waals surface area contributed by atoms with Crippen LogP contribution >= 0.6 is 11.8 Å². The van der Waals surface area contributed by atoms with E-state index in [9.17, 15) is 14.0 Å². The van der Waals surface area contributed by atoms with Crippen molar-refractivity contribution in [3.8, 4) is 0 Å². The summed E-state index contributed by atoms with van der Waals surface area (Å²) < 4.78 is 13.9. The quantitative estimate of drug-likeness (QED) is 0.537. The van der Waals surface area contributed by atoms with E-state index in [2.05, 4.69) is 25.2 Å². The molecule has 3 aromatic rings. The minimum absolute atomic E-state index is 0.00851. The van der Waals surface area contributed by atoms with Gasteiger partial charge < -0.3 is 5.32 Å². The highest BCUT2D eigenvalue weighted by atomic mass is 32.2. The van der Waals surface area contributed by atoms with Gasteiger partial charge in [0.1, 0.15) is 11.2 Å². The molecule has 1 fully saturated rings. The van der Waals surface area contributed by atoms with Crippen LogP contribution in [0.2, 0.25) is 0 Å². The van der Waals surface area contributed by atoms with Gasteiger partial charge in [0.05, 0.1) is 11.3 Å². The molecule has 158 valence electrons. The Balaban J connectivity index is 1.63. The number of benzene rings is 3. The van der Waals surface area contributed by atoms with Crippen LogP contribution < -0.4 is 10.2 Å². The lowest BCUT2D eigenvalue weighted by Gasteiger charge is -2.28. The zero-order chi connectivity index (χ0) is 22.0. The van der Waals surface area contributed by atoms with Gasteiger partial charge >= 0.3 is 0 Å². The van der Waals surface area contributed by atoms with Crippen molar-refractivity contribution in [2.24, 2.45) is 0 Å². The molecule has 1 unspecified atom stereocenters. The molecule has 2 amide bonds. The average Bonchev–Trinajstić information content (AvgIpc) is 3.15. The standard InChI is InChI=1S/C25H23FN2O2S/c1-16(2)19-10-4-6-13-22(19)28-23(29)15-31-25(28)17-8-7-9-18(14-17)27-24(30)20-11-3-5-12-21(20)26/h3-14,16,25H,15H2,1-2H3,(H,27,30). The van der Waals surface area contributed by atoms with Crippen molar-refractivity contribution >= 4 is 35.0 Å². The SMILES string of the molecule is CC(C)c1ccccc1N1C(=O)CSC1c1cccc(NC(=O)c2ccccc2F)c1. The zero-order valence-corrected chi connectivity index (χ0v) is 18.2. The van der Waals surface area contributed by atoms with Crippen molar-refractivity contribution < 1.29 is 14.0 Å². The summed E-state index contributed by atoms with van der Waals surface area (Å²) in [6.07, 6.45) is 0. The van der Waals surface area contributed by atoms with Gasteiger partial charge in [-0.25, -0.2) is 4.39 Å². The lowest BCUT2D eigenvalue weighted by molar-refractivity contribution is -0.115. The van der Waals surface area contributed by atoms with Gasteiger partial charge in [-0.1, -0.05) is 56.3 Å². The Bertz CT molecular complexity index is 1130. The van der Waals surface area contributed by atoms with Gasteiger partial charge in [0.15, 0.2) is 0 Å². The molecule has 1 N–H and O–H groups in total. The summed E-state index contributed by atoms with van der Waals surface area (Å²) in [5.41, 5.74) is 3.49. The Labute approximate surface area is 185 Å². The van der Waals surface area contributed by atoms with Gasteiger partial charge in [0.25, 0.3) is 5.91 Å². The van der Waals surface area contributed by atoms with Gasteiger partial charge in [0.2, 0.25) is 5.91 Å². The van der Waals surface area contributed by atoms with Crippen LogP contribution in [0.15, 0.2) is 72.8 Å². The first-order valence-electron chi connectivity index (χ1n) is 10.1. The lowest BCUT2D eigenvalue weighted by atomic mass is 10.00. The van der Waals surface area contributed by atoms with Gasteiger partial charge in [0, 0.05) is 11.4 Å². The monoisotopic (exact) mass is 434 g/mol. The fourth-order valence-electron chi connectivity index (χ4n) is 3.74. The molecule has 3 aromatic carbocycles. The van der Waals surface area contributed by atoms with Gasteiger partial charge in [-0.2, -0.15) is 0 Å².